The summed E-state index contributed by atoms with van der Waals surface area (Å²) >= 11 is 0. The van der Waals surface area contributed by atoms with Gasteiger partial charge in [0.1, 0.15) is 6.10 Å². The van der Waals surface area contributed by atoms with Crippen LogP contribution in [0.1, 0.15) is 278 Å². The molecular weight excluding hydrogens is 739 g/mol. The second-order valence-electron chi connectivity index (χ2n) is 18.5. The first-order valence-corrected chi connectivity index (χ1v) is 26.4. The van der Waals surface area contributed by atoms with E-state index < -0.39 is 5.97 Å². The predicted molar refractivity (Wildman–Crippen MR) is 263 cm³/mol. The molecule has 0 aliphatic heterocycles. The minimum absolute atomic E-state index is 0.0143. The van der Waals surface area contributed by atoms with E-state index in [1.54, 1.807) is 0 Å². The van der Waals surface area contributed by atoms with E-state index in [1.807, 2.05) is 0 Å². The maximum atomic E-state index is 12.7. The first kappa shape index (κ1) is 58.1. The summed E-state index contributed by atoms with van der Waals surface area (Å²) in [6, 6.07) is 0. The zero-order chi connectivity index (χ0) is 44.0. The number of allylic oxidation sites excluding steroid dienone is 5. The zero-order valence-electron chi connectivity index (χ0n) is 41.0. The number of esters is 1. The van der Waals surface area contributed by atoms with Crippen LogP contribution < -0.4 is 0 Å². The summed E-state index contributed by atoms with van der Waals surface area (Å²) in [7, 11) is 4.11. The largest absolute Gasteiger partial charge is 0.478 e. The average molecular weight is 842 g/mol. The van der Waals surface area contributed by atoms with Gasteiger partial charge in [-0.1, -0.05) is 198 Å². The van der Waals surface area contributed by atoms with Gasteiger partial charge in [-0.3, -0.25) is 4.79 Å². The lowest BCUT2D eigenvalue weighted by atomic mass is 9.92. The highest BCUT2D eigenvalue weighted by molar-refractivity contribution is 5.87. The molecule has 1 atom stereocenters. The first-order chi connectivity index (χ1) is 29.3. The molecule has 1 N–H and O–H groups in total. The monoisotopic (exact) mass is 842 g/mol. The minimum atomic E-state index is -0.664. The molecule has 5 heteroatoms. The van der Waals surface area contributed by atoms with Crippen LogP contribution in [0.4, 0.5) is 0 Å². The molecule has 5 nitrogen and oxygen atoms in total. The molecule has 1 unspecified atom stereocenters. The maximum absolute atomic E-state index is 12.7. The predicted octanol–water partition coefficient (Wildman–Crippen LogP) is 17.6. The molecule has 0 aromatic heterocycles. The molecule has 0 amide bonds. The van der Waals surface area contributed by atoms with Gasteiger partial charge in [0.05, 0.1) is 0 Å². The van der Waals surface area contributed by atoms with Gasteiger partial charge in [0, 0.05) is 12.0 Å². The second-order valence-corrected chi connectivity index (χ2v) is 18.5. The van der Waals surface area contributed by atoms with E-state index in [0.717, 1.165) is 95.6 Å². The lowest BCUT2D eigenvalue weighted by Gasteiger charge is -2.18. The van der Waals surface area contributed by atoms with E-state index in [1.165, 1.54) is 173 Å². The number of unbranched alkanes of at least 4 members (excludes halogenated alkanes) is 27. The van der Waals surface area contributed by atoms with E-state index in [-0.39, 0.29) is 12.1 Å². The summed E-state index contributed by atoms with van der Waals surface area (Å²) in [4.78, 5) is 27.2. The molecule has 0 radical (unpaired) electrons. The molecule has 352 valence electrons. The van der Waals surface area contributed by atoms with Gasteiger partial charge in [-0.25, -0.2) is 4.79 Å². The van der Waals surface area contributed by atoms with Crippen LogP contribution in [0.3, 0.4) is 0 Å². The van der Waals surface area contributed by atoms with Gasteiger partial charge < -0.3 is 14.7 Å². The SMILES string of the molecule is CCCCC/C=C\C/C=C\CCCCCCCCC(CCCCCCCCCCC/C(C(=O)O)=C(/CCCCCC)CCCCCCCCCC)OC(=O)CCCN(C)C. The lowest BCUT2D eigenvalue weighted by molar-refractivity contribution is -0.150. The van der Waals surface area contributed by atoms with Crippen molar-refractivity contribution in [1.29, 1.82) is 0 Å². The van der Waals surface area contributed by atoms with Crippen molar-refractivity contribution in [2.45, 2.75) is 284 Å². The fraction of sp³-hybridized carbons (Fsp3) is 0.855. The number of nitrogens with zero attached hydrogens (tertiary/aromatic N) is 1. The summed E-state index contributed by atoms with van der Waals surface area (Å²) in [6.07, 6.45) is 56.4. The molecule has 0 aromatic carbocycles. The van der Waals surface area contributed by atoms with Crippen molar-refractivity contribution in [2.24, 2.45) is 0 Å². The summed E-state index contributed by atoms with van der Waals surface area (Å²) < 4.78 is 6.05. The highest BCUT2D eigenvalue weighted by Crippen LogP contribution is 2.26. The number of ether oxygens (including phenoxy) is 1. The Morgan fingerprint density at radius 1 is 0.467 bits per heavy atom. The summed E-state index contributed by atoms with van der Waals surface area (Å²) in [5.41, 5.74) is 2.01. The van der Waals surface area contributed by atoms with Crippen LogP contribution in [0.2, 0.25) is 0 Å². The Balaban J connectivity index is 4.44. The molecule has 0 fully saturated rings. The van der Waals surface area contributed by atoms with Gasteiger partial charge in [0.25, 0.3) is 0 Å². The van der Waals surface area contributed by atoms with E-state index in [4.69, 9.17) is 4.74 Å². The van der Waals surface area contributed by atoms with Crippen LogP contribution in [0, 0.1) is 0 Å². The number of carbonyl (C=O) groups excluding carboxylic acids is 1. The molecule has 0 saturated heterocycles. The van der Waals surface area contributed by atoms with Crippen molar-refractivity contribution >= 4 is 11.9 Å². The second kappa shape index (κ2) is 46.6. The number of carboxylic acids is 1. The number of hydrogen-bond donors (Lipinski definition) is 1. The molecule has 0 spiro atoms. The number of rotatable bonds is 47. The Morgan fingerprint density at radius 3 is 1.32 bits per heavy atom. The fourth-order valence-corrected chi connectivity index (χ4v) is 8.42. The number of aliphatic carboxylic acids is 1. The molecule has 0 aliphatic carbocycles. The van der Waals surface area contributed by atoms with Crippen molar-refractivity contribution in [3.05, 3.63) is 35.5 Å². The zero-order valence-corrected chi connectivity index (χ0v) is 41.0. The molecule has 60 heavy (non-hydrogen) atoms. The molecule has 0 heterocycles. The minimum Gasteiger partial charge on any atom is -0.478 e. The van der Waals surface area contributed by atoms with Gasteiger partial charge in [-0.2, -0.15) is 0 Å². The van der Waals surface area contributed by atoms with Crippen molar-refractivity contribution in [3.63, 3.8) is 0 Å². The van der Waals surface area contributed by atoms with Gasteiger partial charge in [-0.05, 0) is 123 Å². The van der Waals surface area contributed by atoms with Crippen LogP contribution in [0.25, 0.3) is 0 Å². The normalized spacial score (nSPS) is 12.9. The maximum Gasteiger partial charge on any atom is 0.331 e. The first-order valence-electron chi connectivity index (χ1n) is 26.4. The highest BCUT2D eigenvalue weighted by Gasteiger charge is 2.16. The lowest BCUT2D eigenvalue weighted by Crippen LogP contribution is -2.20. The van der Waals surface area contributed by atoms with Crippen LogP contribution >= 0.6 is 0 Å². The third-order valence-corrected chi connectivity index (χ3v) is 12.3. The molecule has 0 bridgehead atoms. The van der Waals surface area contributed by atoms with Crippen molar-refractivity contribution < 1.29 is 19.4 Å². The molecule has 0 rings (SSSR count). The molecule has 0 aromatic rings. The smallest absolute Gasteiger partial charge is 0.331 e. The van der Waals surface area contributed by atoms with E-state index in [0.29, 0.717) is 6.42 Å². The Kier molecular flexibility index (Phi) is 45.2. The third kappa shape index (κ3) is 41.5. The van der Waals surface area contributed by atoms with Crippen molar-refractivity contribution in [2.75, 3.05) is 20.6 Å². The Hall–Kier alpha value is -1.88. The molecular formula is C55H103NO4. The Bertz CT molecular complexity index is 1030. The van der Waals surface area contributed by atoms with E-state index in [9.17, 15) is 14.7 Å². The fourth-order valence-electron chi connectivity index (χ4n) is 8.42. The van der Waals surface area contributed by atoms with Gasteiger partial charge in [-0.15, -0.1) is 0 Å². The number of hydrogen-bond acceptors (Lipinski definition) is 4. The van der Waals surface area contributed by atoms with Crippen LogP contribution in [0.15, 0.2) is 35.5 Å². The average Bonchev–Trinajstić information content (AvgIpc) is 3.22. The summed E-state index contributed by atoms with van der Waals surface area (Å²) in [6.45, 7) is 7.69. The summed E-state index contributed by atoms with van der Waals surface area (Å²) in [5.74, 6) is -0.678. The highest BCUT2D eigenvalue weighted by atomic mass is 16.5. The quantitative estimate of drug-likeness (QED) is 0.0286. The standard InChI is InChI=1S/C55H103NO4/c1-6-9-12-15-17-19-20-21-22-23-24-25-27-31-35-40-46-52(60-54(57)49-43-50-56(4)5)47-41-36-32-28-26-29-33-37-42-48-53(55(58)59)51(44-38-14-11-8-3)45-39-34-30-18-16-13-10-7-2/h17,19,21-22,52H,6-16,18,20,23-50H2,1-5H3,(H,58,59)/b19-17-,22-21-,53-51+. The molecule has 0 aliphatic rings. The Labute approximate surface area is 374 Å². The van der Waals surface area contributed by atoms with Crippen LogP contribution in [0.5, 0.6) is 0 Å². The van der Waals surface area contributed by atoms with E-state index in [2.05, 4.69) is 64.1 Å². The van der Waals surface area contributed by atoms with E-state index >= 15 is 0 Å². The van der Waals surface area contributed by atoms with Crippen LogP contribution in [-0.4, -0.2) is 48.7 Å². The topological polar surface area (TPSA) is 66.8 Å². The number of carbonyl (C=O) groups is 2. The van der Waals surface area contributed by atoms with Gasteiger partial charge in [0.2, 0.25) is 0 Å². The van der Waals surface area contributed by atoms with Crippen LogP contribution in [-0.2, 0) is 14.3 Å². The molecule has 0 saturated carbocycles. The van der Waals surface area contributed by atoms with Crippen molar-refractivity contribution in [1.82, 2.24) is 4.90 Å². The number of carboxylic acid groups (broad SMARTS) is 1. The van der Waals surface area contributed by atoms with Gasteiger partial charge >= 0.3 is 11.9 Å². The van der Waals surface area contributed by atoms with Crippen molar-refractivity contribution in [3.8, 4) is 0 Å². The Morgan fingerprint density at radius 2 is 0.850 bits per heavy atom. The third-order valence-electron chi connectivity index (χ3n) is 12.3. The summed E-state index contributed by atoms with van der Waals surface area (Å²) in [5, 5.41) is 10.2. The van der Waals surface area contributed by atoms with Gasteiger partial charge in [0.15, 0.2) is 0 Å².